The summed E-state index contributed by atoms with van der Waals surface area (Å²) in [5.74, 6) is 13.4. The van der Waals surface area contributed by atoms with E-state index in [-0.39, 0.29) is 11.5 Å². The molecule has 0 bridgehead atoms. The lowest BCUT2D eigenvalue weighted by molar-refractivity contribution is 0.148. The summed E-state index contributed by atoms with van der Waals surface area (Å²) in [6, 6.07) is 29.3. The highest BCUT2D eigenvalue weighted by molar-refractivity contribution is 5.70. The lowest BCUT2D eigenvalue weighted by atomic mass is 10.1. The summed E-state index contributed by atoms with van der Waals surface area (Å²) in [5.41, 5.74) is 3.05. The van der Waals surface area contributed by atoms with E-state index in [4.69, 9.17) is 18.9 Å². The second kappa shape index (κ2) is 11.8. The van der Waals surface area contributed by atoms with Crippen LogP contribution in [0.5, 0.6) is 23.0 Å². The molecule has 0 fully saturated rings. The highest BCUT2D eigenvalue weighted by Crippen LogP contribution is 2.31. The zero-order chi connectivity index (χ0) is 25.2. The summed E-state index contributed by atoms with van der Waals surface area (Å²) >= 11 is 0. The number of methoxy groups -OCH3 is 2. The van der Waals surface area contributed by atoms with Gasteiger partial charge >= 0.3 is 6.16 Å². The summed E-state index contributed by atoms with van der Waals surface area (Å²) in [6.45, 7) is 0. The smallest absolute Gasteiger partial charge is 0.493 e. The molecule has 0 aliphatic rings. The number of ether oxygens (including phenoxy) is 4. The Labute approximate surface area is 210 Å². The number of carbonyl (C=O) groups excluding carboxylic acids is 1. The lowest BCUT2D eigenvalue weighted by Gasteiger charge is -2.12. The van der Waals surface area contributed by atoms with Crippen LogP contribution < -0.4 is 18.9 Å². The summed E-state index contributed by atoms with van der Waals surface area (Å²) in [7, 11) is 2.97. The molecule has 5 heteroatoms. The molecule has 4 aromatic carbocycles. The molecule has 0 saturated heterocycles. The largest absolute Gasteiger partial charge is 0.519 e. The fraction of sp³-hybridized carbons (Fsp3) is 0.0645. The molecule has 0 amide bonds. The van der Waals surface area contributed by atoms with Crippen molar-refractivity contribution in [3.05, 3.63) is 119 Å². The molecule has 0 atom stereocenters. The highest BCUT2D eigenvalue weighted by atomic mass is 16.7. The van der Waals surface area contributed by atoms with E-state index in [9.17, 15) is 4.79 Å². The summed E-state index contributed by atoms with van der Waals surface area (Å²) in [6.07, 6.45) is -0.951. The molecule has 5 nitrogen and oxygen atoms in total. The van der Waals surface area contributed by atoms with Crippen molar-refractivity contribution >= 4 is 6.16 Å². The molecule has 4 rings (SSSR count). The Morgan fingerprint density at radius 3 is 1.28 bits per heavy atom. The van der Waals surface area contributed by atoms with Crippen LogP contribution in [0.2, 0.25) is 0 Å². The third kappa shape index (κ3) is 6.47. The van der Waals surface area contributed by atoms with Crippen LogP contribution >= 0.6 is 0 Å². The Bertz CT molecular complexity index is 1360. The van der Waals surface area contributed by atoms with Gasteiger partial charge in [-0.2, -0.15) is 0 Å². The van der Waals surface area contributed by atoms with E-state index in [0.29, 0.717) is 22.6 Å². The molecular weight excluding hydrogens is 452 g/mol. The number of hydrogen-bond acceptors (Lipinski definition) is 5. The molecule has 0 aromatic heterocycles. The molecule has 0 radical (unpaired) electrons. The first-order valence-electron chi connectivity index (χ1n) is 11.0. The van der Waals surface area contributed by atoms with E-state index in [0.717, 1.165) is 11.1 Å². The van der Waals surface area contributed by atoms with Crippen molar-refractivity contribution in [3.63, 3.8) is 0 Å². The molecule has 0 aliphatic heterocycles. The van der Waals surface area contributed by atoms with Crippen LogP contribution in [-0.2, 0) is 0 Å². The van der Waals surface area contributed by atoms with Gasteiger partial charge in [-0.1, -0.05) is 60.1 Å². The maximum absolute atomic E-state index is 12.7. The van der Waals surface area contributed by atoms with Crippen molar-refractivity contribution in [1.29, 1.82) is 0 Å². The van der Waals surface area contributed by atoms with Crippen molar-refractivity contribution < 1.29 is 23.7 Å². The van der Waals surface area contributed by atoms with Crippen molar-refractivity contribution in [2.45, 2.75) is 0 Å². The third-order valence-corrected chi connectivity index (χ3v) is 4.96. The molecular formula is C31H22O5. The van der Waals surface area contributed by atoms with Gasteiger partial charge in [-0.05, 0) is 48.5 Å². The van der Waals surface area contributed by atoms with Gasteiger partial charge in [0, 0.05) is 34.4 Å². The summed E-state index contributed by atoms with van der Waals surface area (Å²) < 4.78 is 21.6. The van der Waals surface area contributed by atoms with Gasteiger partial charge in [-0.15, -0.1) is 0 Å². The van der Waals surface area contributed by atoms with Gasteiger partial charge in [-0.3, -0.25) is 0 Å². The molecule has 176 valence electrons. The Balaban J connectivity index is 1.53. The minimum Gasteiger partial charge on any atom is -0.493 e. The third-order valence-electron chi connectivity index (χ3n) is 4.96. The lowest BCUT2D eigenvalue weighted by Crippen LogP contribution is -2.15. The quantitative estimate of drug-likeness (QED) is 0.204. The molecule has 0 heterocycles. The Morgan fingerprint density at radius 1 is 0.500 bits per heavy atom. The molecule has 0 N–H and O–H groups in total. The second-order valence-electron chi connectivity index (χ2n) is 7.42. The van der Waals surface area contributed by atoms with E-state index < -0.39 is 6.16 Å². The SMILES string of the molecule is COc1ccc(C#Cc2ccccc2)cc1OC(=O)Oc1cc(C#Cc2ccccc2)ccc1OC. The topological polar surface area (TPSA) is 54.0 Å². The monoisotopic (exact) mass is 474 g/mol. The number of rotatable bonds is 4. The maximum Gasteiger partial charge on any atom is 0.519 e. The minimum absolute atomic E-state index is 0.182. The van der Waals surface area contributed by atoms with E-state index in [2.05, 4.69) is 23.7 Å². The summed E-state index contributed by atoms with van der Waals surface area (Å²) in [4.78, 5) is 12.7. The van der Waals surface area contributed by atoms with Gasteiger partial charge in [0.05, 0.1) is 14.2 Å². The fourth-order valence-electron chi connectivity index (χ4n) is 3.20. The fourth-order valence-corrected chi connectivity index (χ4v) is 3.20. The Hall–Kier alpha value is -5.13. The van der Waals surface area contributed by atoms with Gasteiger partial charge in [0.15, 0.2) is 23.0 Å². The van der Waals surface area contributed by atoms with Gasteiger partial charge in [0.25, 0.3) is 0 Å². The van der Waals surface area contributed by atoms with Crippen LogP contribution in [-0.4, -0.2) is 20.4 Å². The van der Waals surface area contributed by atoms with Gasteiger partial charge in [0.2, 0.25) is 0 Å². The predicted octanol–water partition coefficient (Wildman–Crippen LogP) is 6.08. The number of benzene rings is 4. The Kier molecular flexibility index (Phi) is 7.89. The van der Waals surface area contributed by atoms with Crippen molar-refractivity contribution in [1.82, 2.24) is 0 Å². The standard InChI is InChI=1S/C31H22O5/c1-33-27-19-17-25(15-13-23-9-5-3-6-10-23)21-29(27)35-31(32)36-30-22-26(18-20-28(30)34-2)16-14-24-11-7-4-8-12-24/h3-12,17-22H,1-2H3. The molecule has 0 aliphatic carbocycles. The highest BCUT2D eigenvalue weighted by Gasteiger charge is 2.16. The first-order chi connectivity index (χ1) is 17.6. The first kappa shape index (κ1) is 24.0. The Morgan fingerprint density at radius 2 is 0.889 bits per heavy atom. The van der Waals surface area contributed by atoms with Crippen LogP contribution in [0.25, 0.3) is 0 Å². The minimum atomic E-state index is -0.951. The summed E-state index contributed by atoms with van der Waals surface area (Å²) in [5, 5.41) is 0. The number of hydrogen-bond donors (Lipinski definition) is 0. The zero-order valence-corrected chi connectivity index (χ0v) is 19.8. The molecule has 0 saturated carbocycles. The van der Waals surface area contributed by atoms with Crippen molar-refractivity contribution in [2.75, 3.05) is 14.2 Å². The van der Waals surface area contributed by atoms with Crippen LogP contribution in [0.3, 0.4) is 0 Å². The molecule has 4 aromatic rings. The normalized spacial score (nSPS) is 9.61. The van der Waals surface area contributed by atoms with Crippen LogP contribution in [0, 0.1) is 23.7 Å². The second-order valence-corrected chi connectivity index (χ2v) is 7.42. The van der Waals surface area contributed by atoms with Gasteiger partial charge in [-0.25, -0.2) is 4.79 Å². The van der Waals surface area contributed by atoms with Crippen LogP contribution in [0.1, 0.15) is 22.3 Å². The molecule has 36 heavy (non-hydrogen) atoms. The average molecular weight is 475 g/mol. The van der Waals surface area contributed by atoms with Crippen LogP contribution in [0.4, 0.5) is 4.79 Å². The number of carbonyl (C=O) groups is 1. The molecule has 0 spiro atoms. The average Bonchev–Trinajstić information content (AvgIpc) is 2.92. The van der Waals surface area contributed by atoms with Gasteiger partial charge in [0.1, 0.15) is 0 Å². The van der Waals surface area contributed by atoms with Crippen LogP contribution in [0.15, 0.2) is 97.1 Å². The van der Waals surface area contributed by atoms with E-state index in [1.807, 2.05) is 60.7 Å². The predicted molar refractivity (Wildman–Crippen MR) is 137 cm³/mol. The maximum atomic E-state index is 12.7. The van der Waals surface area contributed by atoms with E-state index in [1.54, 1.807) is 36.4 Å². The van der Waals surface area contributed by atoms with Crippen molar-refractivity contribution in [2.24, 2.45) is 0 Å². The van der Waals surface area contributed by atoms with E-state index in [1.165, 1.54) is 14.2 Å². The molecule has 0 unspecified atom stereocenters. The van der Waals surface area contributed by atoms with Crippen molar-refractivity contribution in [3.8, 4) is 46.7 Å². The first-order valence-corrected chi connectivity index (χ1v) is 11.0. The van der Waals surface area contributed by atoms with Gasteiger partial charge < -0.3 is 18.9 Å². The van der Waals surface area contributed by atoms with E-state index >= 15 is 0 Å². The zero-order valence-electron chi connectivity index (χ0n) is 19.8.